The predicted molar refractivity (Wildman–Crippen MR) is 132 cm³/mol. The fraction of sp³-hybridized carbons (Fsp3) is 0.560. The molecule has 11 nitrogen and oxygen atoms in total. The summed E-state index contributed by atoms with van der Waals surface area (Å²) in [5.74, 6) is -1.26. The van der Waals surface area contributed by atoms with Crippen molar-refractivity contribution in [2.24, 2.45) is 0 Å². The van der Waals surface area contributed by atoms with E-state index in [2.05, 4.69) is 15.1 Å². The van der Waals surface area contributed by atoms with Crippen LogP contribution in [0, 0.1) is 0 Å². The van der Waals surface area contributed by atoms with Crippen LogP contribution in [0.4, 0.5) is 10.5 Å². The molecule has 0 aliphatic carbocycles. The van der Waals surface area contributed by atoms with Crippen LogP contribution < -0.4 is 10.2 Å². The number of piperazine rings is 1. The number of rotatable bonds is 3. The monoisotopic (exact) mass is 499 g/mol. The molecule has 1 unspecified atom stereocenters. The number of imide groups is 1. The molecule has 11 heteroatoms. The Kier molecular flexibility index (Phi) is 5.98. The molecule has 3 saturated heterocycles. The fourth-order valence-electron chi connectivity index (χ4n) is 5.20. The molecule has 194 valence electrons. The first-order valence-electron chi connectivity index (χ1n) is 12.4. The van der Waals surface area contributed by atoms with E-state index in [-0.39, 0.29) is 36.6 Å². The lowest BCUT2D eigenvalue weighted by molar-refractivity contribution is -0.135. The van der Waals surface area contributed by atoms with Crippen LogP contribution in [-0.2, 0) is 14.3 Å². The van der Waals surface area contributed by atoms with Crippen molar-refractivity contribution in [1.29, 1.82) is 0 Å². The molecule has 3 fully saturated rings. The van der Waals surface area contributed by atoms with E-state index >= 15 is 0 Å². The number of nitrogens with zero attached hydrogens (tertiary/aromatic N) is 4. The Labute approximate surface area is 209 Å². The summed E-state index contributed by atoms with van der Waals surface area (Å²) in [4.78, 5) is 42.4. The van der Waals surface area contributed by atoms with E-state index in [0.29, 0.717) is 29.9 Å². The van der Waals surface area contributed by atoms with Crippen LogP contribution in [0.3, 0.4) is 0 Å². The first-order chi connectivity index (χ1) is 17.0. The first-order valence-corrected chi connectivity index (χ1v) is 12.4. The van der Waals surface area contributed by atoms with E-state index in [9.17, 15) is 24.6 Å². The lowest BCUT2D eigenvalue weighted by Gasteiger charge is -2.48. The minimum atomic E-state index is -0.843. The van der Waals surface area contributed by atoms with Crippen LogP contribution in [0.25, 0.3) is 10.8 Å². The molecule has 36 heavy (non-hydrogen) atoms. The van der Waals surface area contributed by atoms with Gasteiger partial charge in [-0.15, -0.1) is 0 Å². The summed E-state index contributed by atoms with van der Waals surface area (Å²) in [7, 11) is 0. The van der Waals surface area contributed by atoms with E-state index in [0.717, 1.165) is 31.9 Å². The number of carbonyl (C=O) groups excluding carboxylic acids is 3. The molecule has 0 radical (unpaired) electrons. The van der Waals surface area contributed by atoms with Gasteiger partial charge in [0.15, 0.2) is 0 Å². The van der Waals surface area contributed by atoms with Gasteiger partial charge in [0, 0.05) is 68.2 Å². The van der Waals surface area contributed by atoms with Crippen LogP contribution in [0.1, 0.15) is 39.7 Å². The second kappa shape index (κ2) is 8.88. The van der Waals surface area contributed by atoms with E-state index in [4.69, 9.17) is 4.74 Å². The van der Waals surface area contributed by atoms with Gasteiger partial charge < -0.3 is 24.7 Å². The number of carbonyl (C=O) groups is 3. The molecule has 4 heterocycles. The van der Waals surface area contributed by atoms with Gasteiger partial charge in [0.05, 0.1) is 0 Å². The summed E-state index contributed by atoms with van der Waals surface area (Å²) in [6.07, 6.45) is 0.0993. The third kappa shape index (κ3) is 4.43. The highest BCUT2D eigenvalue weighted by Crippen LogP contribution is 2.42. The van der Waals surface area contributed by atoms with Gasteiger partial charge in [0.25, 0.3) is 0 Å². The standard InChI is InChI=1S/C25H33N5O6/c1-25(2,3)36-24(35)29-13-16(14-29)28-10-8-27(9-11-28)15-4-5-17-18(12-15)23(34)30(22(17)33)19-6-7-20(31)26-21(19)32/h4-5,12,16,19,33-34H,6-11,13-14H2,1-3H3,(H,26,31,32). The van der Waals surface area contributed by atoms with Crippen molar-refractivity contribution in [1.82, 2.24) is 19.7 Å². The fourth-order valence-corrected chi connectivity index (χ4v) is 5.20. The predicted octanol–water partition coefficient (Wildman–Crippen LogP) is 1.77. The topological polar surface area (TPSA) is 128 Å². The SMILES string of the molecule is CC(C)(C)OC(=O)N1CC(N2CCN(c3ccc4c(O)n(C5CCC(=O)NC5=O)c(O)c4c3)CC2)C1. The number of likely N-dealkylation sites (tertiary alicyclic amines) is 1. The van der Waals surface area contributed by atoms with Gasteiger partial charge in [-0.05, 0) is 45.4 Å². The Morgan fingerprint density at radius 1 is 1.03 bits per heavy atom. The lowest BCUT2D eigenvalue weighted by atomic mass is 10.1. The second-order valence-electron chi connectivity index (χ2n) is 10.8. The van der Waals surface area contributed by atoms with Crippen molar-refractivity contribution in [3.8, 4) is 11.8 Å². The number of amides is 3. The van der Waals surface area contributed by atoms with Crippen molar-refractivity contribution in [3.63, 3.8) is 0 Å². The highest BCUT2D eigenvalue weighted by molar-refractivity contribution is 6.01. The Balaban J connectivity index is 1.23. The maximum Gasteiger partial charge on any atom is 0.410 e. The van der Waals surface area contributed by atoms with E-state index in [1.165, 1.54) is 4.57 Å². The highest BCUT2D eigenvalue weighted by atomic mass is 16.6. The number of ether oxygens (including phenoxy) is 1. The molecule has 1 aromatic carbocycles. The second-order valence-corrected chi connectivity index (χ2v) is 10.8. The summed E-state index contributed by atoms with van der Waals surface area (Å²) in [6, 6.07) is 4.96. The molecule has 0 spiro atoms. The quantitative estimate of drug-likeness (QED) is 0.546. The van der Waals surface area contributed by atoms with Crippen LogP contribution in [0.15, 0.2) is 18.2 Å². The zero-order valence-electron chi connectivity index (χ0n) is 20.9. The average molecular weight is 500 g/mol. The van der Waals surface area contributed by atoms with Crippen LogP contribution >= 0.6 is 0 Å². The van der Waals surface area contributed by atoms with Crippen LogP contribution in [0.2, 0.25) is 0 Å². The number of hydrogen-bond acceptors (Lipinski definition) is 8. The van der Waals surface area contributed by atoms with Gasteiger partial charge >= 0.3 is 6.09 Å². The average Bonchev–Trinajstić information content (AvgIpc) is 3.02. The molecule has 1 aromatic heterocycles. The molecule has 3 N–H and O–H groups in total. The summed E-state index contributed by atoms with van der Waals surface area (Å²) < 4.78 is 6.65. The maximum absolute atomic E-state index is 12.3. The molecule has 0 saturated carbocycles. The first kappa shape index (κ1) is 24.2. The Hall–Kier alpha value is -3.47. The van der Waals surface area contributed by atoms with Crippen LogP contribution in [-0.4, -0.2) is 93.4 Å². The van der Waals surface area contributed by atoms with Crippen molar-refractivity contribution < 1.29 is 29.3 Å². The molecule has 1 atom stereocenters. The number of benzene rings is 1. The van der Waals surface area contributed by atoms with Gasteiger partial charge in [-0.25, -0.2) is 4.79 Å². The largest absolute Gasteiger partial charge is 0.494 e. The molecule has 0 bridgehead atoms. The summed E-state index contributed by atoms with van der Waals surface area (Å²) in [5.41, 5.74) is 0.421. The molecule has 5 rings (SSSR count). The number of aromatic nitrogens is 1. The molecule has 3 aliphatic rings. The number of piperidine rings is 1. The smallest absolute Gasteiger partial charge is 0.410 e. The third-order valence-corrected chi connectivity index (χ3v) is 7.17. The number of fused-ring (bicyclic) bond motifs is 1. The van der Waals surface area contributed by atoms with Gasteiger partial charge in [-0.1, -0.05) is 0 Å². The highest BCUT2D eigenvalue weighted by Gasteiger charge is 2.38. The Morgan fingerprint density at radius 3 is 2.33 bits per heavy atom. The summed E-state index contributed by atoms with van der Waals surface area (Å²) in [5, 5.41) is 24.8. The van der Waals surface area contributed by atoms with Gasteiger partial charge in [-0.3, -0.25) is 24.4 Å². The normalized spacial score (nSPS) is 22.0. The summed E-state index contributed by atoms with van der Waals surface area (Å²) in [6.45, 7) is 10.2. The number of anilines is 1. The van der Waals surface area contributed by atoms with E-state index in [1.54, 1.807) is 11.0 Å². The van der Waals surface area contributed by atoms with Crippen molar-refractivity contribution in [2.75, 3.05) is 44.2 Å². The minimum Gasteiger partial charge on any atom is -0.494 e. The molecular formula is C25H33N5O6. The third-order valence-electron chi connectivity index (χ3n) is 7.17. The number of aromatic hydroxyl groups is 2. The zero-order valence-corrected chi connectivity index (χ0v) is 20.9. The molecular weight excluding hydrogens is 466 g/mol. The van der Waals surface area contributed by atoms with E-state index < -0.39 is 17.6 Å². The van der Waals surface area contributed by atoms with Gasteiger partial charge in [0.1, 0.15) is 11.6 Å². The molecule has 3 amide bonds. The van der Waals surface area contributed by atoms with Crippen molar-refractivity contribution in [3.05, 3.63) is 18.2 Å². The Morgan fingerprint density at radius 2 is 1.69 bits per heavy atom. The Bertz CT molecular complexity index is 1200. The minimum absolute atomic E-state index is 0.149. The number of nitrogens with one attached hydrogen (secondary N) is 1. The summed E-state index contributed by atoms with van der Waals surface area (Å²) >= 11 is 0. The maximum atomic E-state index is 12.3. The zero-order chi connectivity index (χ0) is 25.8. The van der Waals surface area contributed by atoms with Crippen LogP contribution in [0.5, 0.6) is 11.8 Å². The molecule has 3 aliphatic heterocycles. The van der Waals surface area contributed by atoms with Crippen molar-refractivity contribution >= 4 is 34.4 Å². The lowest BCUT2D eigenvalue weighted by Crippen LogP contribution is -2.64. The van der Waals surface area contributed by atoms with E-state index in [1.807, 2.05) is 32.9 Å². The van der Waals surface area contributed by atoms with Crippen molar-refractivity contribution in [2.45, 2.75) is 51.3 Å². The molecule has 2 aromatic rings. The van der Waals surface area contributed by atoms with Gasteiger partial charge in [-0.2, -0.15) is 0 Å². The number of hydrogen-bond donors (Lipinski definition) is 3. The van der Waals surface area contributed by atoms with Gasteiger partial charge in [0.2, 0.25) is 23.6 Å².